The molecule has 7 heteroatoms. The van der Waals surface area contributed by atoms with E-state index in [2.05, 4.69) is 20.7 Å². The van der Waals surface area contributed by atoms with E-state index in [1.807, 2.05) is 20.0 Å². The number of anilines is 1. The first-order valence-corrected chi connectivity index (χ1v) is 6.57. The fourth-order valence-corrected chi connectivity index (χ4v) is 2.33. The quantitative estimate of drug-likeness (QED) is 0.818. The van der Waals surface area contributed by atoms with Crippen LogP contribution < -0.4 is 10.6 Å². The van der Waals surface area contributed by atoms with Crippen molar-refractivity contribution < 1.29 is 9.53 Å². The Hall–Kier alpha value is -1.99. The van der Waals surface area contributed by atoms with E-state index in [-0.39, 0.29) is 5.91 Å². The molecule has 1 atom stereocenters. The summed E-state index contributed by atoms with van der Waals surface area (Å²) >= 11 is 0. The average molecular weight is 275 g/mol. The standard InChI is InChI=1S/C13H17N5O2/c1-8-10-5-9(6-15-12(10)18(2)17-8)16-13(19)11-7-14-3-4-20-11/h5-6,11,14H,3-4,7H2,1-2H3,(H,16,19). The number of carbonyl (C=O) groups excluding carboxylic acids is 1. The Bertz CT molecular complexity index is 645. The summed E-state index contributed by atoms with van der Waals surface area (Å²) in [5, 5.41) is 11.2. The number of carbonyl (C=O) groups is 1. The van der Waals surface area contributed by atoms with E-state index < -0.39 is 6.10 Å². The van der Waals surface area contributed by atoms with Crippen molar-refractivity contribution in [1.29, 1.82) is 0 Å². The van der Waals surface area contributed by atoms with Gasteiger partial charge in [-0.3, -0.25) is 9.48 Å². The molecule has 106 valence electrons. The van der Waals surface area contributed by atoms with Crippen LogP contribution in [0.4, 0.5) is 5.69 Å². The third kappa shape index (κ3) is 2.37. The van der Waals surface area contributed by atoms with Crippen molar-refractivity contribution >= 4 is 22.6 Å². The first-order valence-electron chi connectivity index (χ1n) is 6.57. The molecular formula is C13H17N5O2. The molecule has 0 bridgehead atoms. The van der Waals surface area contributed by atoms with Gasteiger partial charge in [0.2, 0.25) is 0 Å². The van der Waals surface area contributed by atoms with E-state index in [0.29, 0.717) is 18.8 Å². The molecule has 3 rings (SSSR count). The van der Waals surface area contributed by atoms with Crippen molar-refractivity contribution in [2.75, 3.05) is 25.0 Å². The summed E-state index contributed by atoms with van der Waals surface area (Å²) in [6.07, 6.45) is 1.19. The number of aryl methyl sites for hydroxylation is 2. The second-order valence-corrected chi connectivity index (χ2v) is 4.86. The van der Waals surface area contributed by atoms with Gasteiger partial charge in [0.1, 0.15) is 6.10 Å². The minimum Gasteiger partial charge on any atom is -0.366 e. The zero-order valence-electron chi connectivity index (χ0n) is 11.5. The van der Waals surface area contributed by atoms with Gasteiger partial charge in [0.05, 0.1) is 24.2 Å². The second kappa shape index (κ2) is 5.18. The van der Waals surface area contributed by atoms with Crippen molar-refractivity contribution in [2.45, 2.75) is 13.0 Å². The molecule has 2 aromatic rings. The van der Waals surface area contributed by atoms with Crippen molar-refractivity contribution in [1.82, 2.24) is 20.1 Å². The lowest BCUT2D eigenvalue weighted by Crippen LogP contribution is -2.45. The predicted octanol–water partition coefficient (Wildman–Crippen LogP) is 0.204. The molecule has 2 aromatic heterocycles. The highest BCUT2D eigenvalue weighted by Crippen LogP contribution is 2.19. The Balaban J connectivity index is 1.80. The highest BCUT2D eigenvalue weighted by Gasteiger charge is 2.22. The Morgan fingerprint density at radius 3 is 3.20 bits per heavy atom. The van der Waals surface area contributed by atoms with Crippen molar-refractivity contribution in [2.24, 2.45) is 7.05 Å². The summed E-state index contributed by atoms with van der Waals surface area (Å²) in [4.78, 5) is 16.4. The topological polar surface area (TPSA) is 81.1 Å². The number of nitrogens with zero attached hydrogens (tertiary/aromatic N) is 3. The maximum Gasteiger partial charge on any atom is 0.254 e. The highest BCUT2D eigenvalue weighted by molar-refractivity contribution is 5.96. The average Bonchev–Trinajstić information content (AvgIpc) is 2.75. The van der Waals surface area contributed by atoms with Crippen LogP contribution in [0.3, 0.4) is 0 Å². The summed E-state index contributed by atoms with van der Waals surface area (Å²) in [5.74, 6) is -0.153. The van der Waals surface area contributed by atoms with Gasteiger partial charge in [-0.2, -0.15) is 5.10 Å². The van der Waals surface area contributed by atoms with Crippen LogP contribution >= 0.6 is 0 Å². The van der Waals surface area contributed by atoms with Gasteiger partial charge in [-0.05, 0) is 13.0 Å². The number of hydrogen-bond donors (Lipinski definition) is 2. The monoisotopic (exact) mass is 275 g/mol. The Morgan fingerprint density at radius 1 is 1.60 bits per heavy atom. The molecule has 0 aromatic carbocycles. The van der Waals surface area contributed by atoms with Gasteiger partial charge in [0.25, 0.3) is 5.91 Å². The van der Waals surface area contributed by atoms with Gasteiger partial charge < -0.3 is 15.4 Å². The van der Waals surface area contributed by atoms with Gasteiger partial charge in [-0.1, -0.05) is 0 Å². The SMILES string of the molecule is Cc1nn(C)c2ncc(NC(=O)C3CNCCO3)cc12. The van der Waals surface area contributed by atoms with Crippen LogP contribution in [-0.2, 0) is 16.6 Å². The maximum absolute atomic E-state index is 12.1. The molecule has 0 aliphatic carbocycles. The lowest BCUT2D eigenvalue weighted by molar-refractivity contribution is -0.128. The molecule has 1 aliphatic rings. The number of hydrogen-bond acceptors (Lipinski definition) is 5. The Kier molecular flexibility index (Phi) is 3.37. The molecule has 1 unspecified atom stereocenters. The molecule has 1 amide bonds. The fourth-order valence-electron chi connectivity index (χ4n) is 2.33. The summed E-state index contributed by atoms with van der Waals surface area (Å²) in [6, 6.07) is 1.89. The molecule has 0 saturated carbocycles. The summed E-state index contributed by atoms with van der Waals surface area (Å²) in [7, 11) is 1.85. The Labute approximate surface area is 116 Å². The second-order valence-electron chi connectivity index (χ2n) is 4.86. The lowest BCUT2D eigenvalue weighted by Gasteiger charge is -2.22. The summed E-state index contributed by atoms with van der Waals surface area (Å²) in [5.41, 5.74) is 2.35. The smallest absolute Gasteiger partial charge is 0.254 e. The van der Waals surface area contributed by atoms with E-state index in [4.69, 9.17) is 4.74 Å². The van der Waals surface area contributed by atoms with E-state index in [1.165, 1.54) is 0 Å². The van der Waals surface area contributed by atoms with Gasteiger partial charge in [0, 0.05) is 25.5 Å². The van der Waals surface area contributed by atoms with Gasteiger partial charge >= 0.3 is 0 Å². The number of fused-ring (bicyclic) bond motifs is 1. The predicted molar refractivity (Wildman–Crippen MR) is 74.5 cm³/mol. The molecule has 1 fully saturated rings. The van der Waals surface area contributed by atoms with Crippen LogP contribution in [-0.4, -0.2) is 46.5 Å². The van der Waals surface area contributed by atoms with Crippen LogP contribution in [0.15, 0.2) is 12.3 Å². The molecular weight excluding hydrogens is 258 g/mol. The number of rotatable bonds is 2. The zero-order valence-corrected chi connectivity index (χ0v) is 11.5. The number of aromatic nitrogens is 3. The molecule has 20 heavy (non-hydrogen) atoms. The molecule has 2 N–H and O–H groups in total. The third-order valence-corrected chi connectivity index (χ3v) is 3.35. The van der Waals surface area contributed by atoms with E-state index in [1.54, 1.807) is 10.9 Å². The molecule has 7 nitrogen and oxygen atoms in total. The first-order chi connectivity index (χ1) is 9.65. The van der Waals surface area contributed by atoms with Crippen LogP contribution in [0.5, 0.6) is 0 Å². The summed E-state index contributed by atoms with van der Waals surface area (Å²) < 4.78 is 7.14. The van der Waals surface area contributed by atoms with Crippen LogP contribution in [0, 0.1) is 6.92 Å². The van der Waals surface area contributed by atoms with E-state index in [0.717, 1.165) is 23.3 Å². The number of pyridine rings is 1. The summed E-state index contributed by atoms with van der Waals surface area (Å²) in [6.45, 7) is 3.79. The molecule has 3 heterocycles. The van der Waals surface area contributed by atoms with Gasteiger partial charge in [-0.25, -0.2) is 4.98 Å². The normalized spacial score (nSPS) is 19.2. The van der Waals surface area contributed by atoms with Gasteiger partial charge in [-0.15, -0.1) is 0 Å². The fraction of sp³-hybridized carbons (Fsp3) is 0.462. The van der Waals surface area contributed by atoms with Crippen LogP contribution in [0.1, 0.15) is 5.69 Å². The number of morpholine rings is 1. The minimum atomic E-state index is -0.450. The molecule has 0 radical (unpaired) electrons. The Morgan fingerprint density at radius 2 is 2.45 bits per heavy atom. The number of nitrogens with one attached hydrogen (secondary N) is 2. The van der Waals surface area contributed by atoms with Crippen molar-refractivity contribution in [3.63, 3.8) is 0 Å². The molecule has 0 spiro atoms. The maximum atomic E-state index is 12.1. The minimum absolute atomic E-state index is 0.153. The number of amides is 1. The molecule has 1 saturated heterocycles. The van der Waals surface area contributed by atoms with Gasteiger partial charge in [0.15, 0.2) is 5.65 Å². The van der Waals surface area contributed by atoms with E-state index in [9.17, 15) is 4.79 Å². The first kappa shape index (κ1) is 13.0. The zero-order chi connectivity index (χ0) is 14.1. The van der Waals surface area contributed by atoms with Crippen molar-refractivity contribution in [3.8, 4) is 0 Å². The van der Waals surface area contributed by atoms with Crippen LogP contribution in [0.2, 0.25) is 0 Å². The highest BCUT2D eigenvalue weighted by atomic mass is 16.5. The molecule has 1 aliphatic heterocycles. The lowest BCUT2D eigenvalue weighted by atomic mass is 10.2. The van der Waals surface area contributed by atoms with Crippen molar-refractivity contribution in [3.05, 3.63) is 18.0 Å². The van der Waals surface area contributed by atoms with E-state index >= 15 is 0 Å². The third-order valence-electron chi connectivity index (χ3n) is 3.35. The van der Waals surface area contributed by atoms with Crippen LogP contribution in [0.25, 0.3) is 11.0 Å². The number of ether oxygens (including phenoxy) is 1. The largest absolute Gasteiger partial charge is 0.366 e.